The van der Waals surface area contributed by atoms with Crippen molar-refractivity contribution in [3.8, 4) is 5.75 Å². The van der Waals surface area contributed by atoms with Crippen molar-refractivity contribution in [2.45, 2.75) is 37.6 Å². The molecular formula is C24H32N6O7S. The van der Waals surface area contributed by atoms with E-state index in [9.17, 15) is 23.3 Å². The summed E-state index contributed by atoms with van der Waals surface area (Å²) in [5, 5.41) is 9.51. The number of rotatable bonds is 11. The number of nitrogens with zero attached hydrogens (tertiary/aromatic N) is 6. The summed E-state index contributed by atoms with van der Waals surface area (Å²) in [7, 11) is -2.05. The second-order valence-corrected chi connectivity index (χ2v) is 11.1. The number of ether oxygens (including phenoxy) is 1. The lowest BCUT2D eigenvalue weighted by atomic mass is 10.0. The topological polar surface area (TPSA) is 147 Å². The molecule has 1 amide bonds. The molecule has 0 aliphatic carbocycles. The van der Waals surface area contributed by atoms with Gasteiger partial charge >= 0.3 is 0 Å². The van der Waals surface area contributed by atoms with Gasteiger partial charge in [-0.3, -0.25) is 9.69 Å². The van der Waals surface area contributed by atoms with Gasteiger partial charge in [0.2, 0.25) is 10.0 Å². The van der Waals surface area contributed by atoms with Crippen molar-refractivity contribution in [1.29, 1.82) is 0 Å². The van der Waals surface area contributed by atoms with Crippen LogP contribution >= 0.6 is 0 Å². The first-order valence-electron chi connectivity index (χ1n) is 12.6. The minimum Gasteiger partial charge on any atom is -0.493 e. The van der Waals surface area contributed by atoms with Crippen LogP contribution in [0, 0.1) is 10.1 Å². The molecule has 14 heteroatoms. The van der Waals surface area contributed by atoms with Crippen molar-refractivity contribution in [1.82, 2.24) is 14.1 Å². The maximum absolute atomic E-state index is 13.5. The smallest absolute Gasteiger partial charge is 0.294 e. The minimum absolute atomic E-state index is 0.0476. The highest BCUT2D eigenvalue weighted by Gasteiger charge is 2.38. The lowest BCUT2D eigenvalue weighted by Gasteiger charge is -2.33. The number of piperazine rings is 1. The molecule has 1 atom stereocenters. The molecule has 1 saturated heterocycles. The number of amides is 1. The highest BCUT2D eigenvalue weighted by Crippen LogP contribution is 2.31. The Balaban J connectivity index is 1.59. The van der Waals surface area contributed by atoms with Crippen LogP contribution in [0.25, 0.3) is 0 Å². The molecule has 0 saturated carbocycles. The molecule has 4 rings (SSSR count). The lowest BCUT2D eigenvalue weighted by Crippen LogP contribution is -2.49. The van der Waals surface area contributed by atoms with Crippen LogP contribution in [0.4, 0.5) is 0 Å². The van der Waals surface area contributed by atoms with E-state index in [4.69, 9.17) is 9.73 Å². The van der Waals surface area contributed by atoms with E-state index in [1.165, 1.54) is 16.4 Å². The van der Waals surface area contributed by atoms with E-state index in [1.807, 2.05) is 25.1 Å². The Morgan fingerprint density at radius 1 is 1.16 bits per heavy atom. The molecule has 0 radical (unpaired) electrons. The molecule has 0 bridgehead atoms. The Morgan fingerprint density at radius 2 is 1.89 bits per heavy atom. The molecule has 3 heterocycles. The first-order valence-corrected chi connectivity index (χ1v) is 14.0. The summed E-state index contributed by atoms with van der Waals surface area (Å²) in [5.41, 5.74) is 1.94. The van der Waals surface area contributed by atoms with Crippen molar-refractivity contribution in [3.05, 3.63) is 45.6 Å². The van der Waals surface area contributed by atoms with Crippen molar-refractivity contribution in [2.24, 2.45) is 9.98 Å². The quantitative estimate of drug-likeness (QED) is 0.295. The van der Waals surface area contributed by atoms with Crippen molar-refractivity contribution < 1.29 is 27.9 Å². The molecule has 38 heavy (non-hydrogen) atoms. The summed E-state index contributed by atoms with van der Waals surface area (Å²) in [6, 6.07) is 3.94. The van der Waals surface area contributed by atoms with Gasteiger partial charge in [0.05, 0.1) is 22.8 Å². The highest BCUT2D eigenvalue weighted by atomic mass is 32.2. The average Bonchev–Trinajstić information content (AvgIpc) is 3.20. The van der Waals surface area contributed by atoms with Crippen LogP contribution in [0.1, 0.15) is 32.3 Å². The van der Waals surface area contributed by atoms with Crippen molar-refractivity contribution in [3.63, 3.8) is 0 Å². The van der Waals surface area contributed by atoms with E-state index in [2.05, 4.69) is 16.8 Å². The molecular weight excluding hydrogens is 516 g/mol. The maximum Gasteiger partial charge on any atom is 0.294 e. The minimum atomic E-state index is -3.87. The zero-order chi connectivity index (χ0) is 27.4. The zero-order valence-electron chi connectivity index (χ0n) is 21.7. The second kappa shape index (κ2) is 11.6. The van der Waals surface area contributed by atoms with Gasteiger partial charge < -0.3 is 14.5 Å². The van der Waals surface area contributed by atoms with Crippen LogP contribution in [0.3, 0.4) is 0 Å². The van der Waals surface area contributed by atoms with Crippen LogP contribution in [-0.4, -0.2) is 104 Å². The predicted molar refractivity (Wildman–Crippen MR) is 139 cm³/mol. The number of aliphatic imine (C=N–C) groups is 2. The van der Waals surface area contributed by atoms with Gasteiger partial charge in [-0.05, 0) is 37.1 Å². The summed E-state index contributed by atoms with van der Waals surface area (Å²) in [6.45, 7) is 5.75. The molecule has 3 aliphatic heterocycles. The van der Waals surface area contributed by atoms with Gasteiger partial charge in [0, 0.05) is 46.0 Å². The third-order valence-electron chi connectivity index (χ3n) is 6.62. The monoisotopic (exact) mass is 548 g/mol. The normalized spacial score (nSPS) is 20.5. The number of sulfonamides is 1. The Kier molecular flexibility index (Phi) is 8.43. The van der Waals surface area contributed by atoms with E-state index >= 15 is 0 Å². The number of benzene rings is 1. The zero-order valence-corrected chi connectivity index (χ0v) is 22.5. The predicted octanol–water partition coefficient (Wildman–Crippen LogP) is 1.33. The molecule has 13 nitrogen and oxygen atoms in total. The van der Waals surface area contributed by atoms with Gasteiger partial charge in [0.25, 0.3) is 11.0 Å². The highest BCUT2D eigenvalue weighted by molar-refractivity contribution is 7.89. The number of amidine groups is 1. The summed E-state index contributed by atoms with van der Waals surface area (Å²) < 4.78 is 34.2. The third-order valence-corrected chi connectivity index (χ3v) is 8.51. The number of hydrogen-bond acceptors (Lipinski definition) is 10. The van der Waals surface area contributed by atoms with Crippen LogP contribution in [-0.2, 0) is 19.7 Å². The fraction of sp³-hybridized carbons (Fsp3) is 0.542. The van der Waals surface area contributed by atoms with E-state index in [-0.39, 0.29) is 36.3 Å². The molecule has 1 unspecified atom stereocenters. The average molecular weight is 549 g/mol. The largest absolute Gasteiger partial charge is 0.493 e. The van der Waals surface area contributed by atoms with Gasteiger partial charge in [0.1, 0.15) is 12.4 Å². The van der Waals surface area contributed by atoms with Crippen LogP contribution < -0.4 is 4.74 Å². The van der Waals surface area contributed by atoms with Gasteiger partial charge in [0.15, 0.2) is 11.9 Å². The molecule has 1 aromatic carbocycles. The molecule has 206 valence electrons. The van der Waals surface area contributed by atoms with Crippen molar-refractivity contribution >= 4 is 27.5 Å². The van der Waals surface area contributed by atoms with Crippen LogP contribution in [0.15, 0.2) is 44.9 Å². The molecule has 0 spiro atoms. The summed E-state index contributed by atoms with van der Waals surface area (Å²) in [4.78, 5) is 40.4. The Morgan fingerprint density at radius 3 is 2.55 bits per heavy atom. The molecule has 0 N–H and O–H groups in total. The fourth-order valence-corrected chi connectivity index (χ4v) is 6.23. The van der Waals surface area contributed by atoms with E-state index in [1.54, 1.807) is 11.0 Å². The van der Waals surface area contributed by atoms with E-state index < -0.39 is 21.2 Å². The van der Waals surface area contributed by atoms with E-state index in [0.717, 1.165) is 18.4 Å². The second-order valence-electron chi connectivity index (χ2n) is 9.14. The third kappa shape index (κ3) is 5.71. The molecule has 3 aliphatic rings. The Bertz CT molecular complexity index is 1280. The number of likely N-dealkylation sites (N-methyl/N-ethyl adjacent to an activating group) is 1. The van der Waals surface area contributed by atoms with Gasteiger partial charge in [-0.1, -0.05) is 13.3 Å². The fourth-order valence-electron chi connectivity index (χ4n) is 4.78. The Hall–Kier alpha value is -3.36. The standard InChI is InChI=1S/C24H32N6O7S/c1-4-6-17-16-27(3)22-21(17)25-23(26-24(22)31)19-15-18(7-8-20(19)36-5-2)38(34,35)29-11-9-28(10-12-29)13-14-37-30(32)33/h7-8,15-16,22H,4-6,9-14H2,1-3H3. The number of carbonyl (C=O) groups is 1. The van der Waals surface area contributed by atoms with Crippen LogP contribution in [0.5, 0.6) is 5.75 Å². The Labute approximate surface area is 221 Å². The lowest BCUT2D eigenvalue weighted by molar-refractivity contribution is -0.757. The van der Waals surface area contributed by atoms with Gasteiger partial charge in [-0.15, -0.1) is 10.1 Å². The van der Waals surface area contributed by atoms with Gasteiger partial charge in [-0.2, -0.15) is 9.30 Å². The van der Waals surface area contributed by atoms with E-state index in [0.29, 0.717) is 43.3 Å². The summed E-state index contributed by atoms with van der Waals surface area (Å²) >= 11 is 0. The molecule has 1 fully saturated rings. The first-order chi connectivity index (χ1) is 18.1. The number of carbonyl (C=O) groups excluding carboxylic acids is 1. The SMILES string of the molecule is CCCC1=CN(C)C2C(=O)N=C(c3cc(S(=O)(=O)N4CCN(CCO[N+](=O)[O-])CC4)ccc3OCC)N=C12. The van der Waals surface area contributed by atoms with Crippen LogP contribution in [0.2, 0.25) is 0 Å². The van der Waals surface area contributed by atoms with Gasteiger partial charge in [-0.25, -0.2) is 13.4 Å². The first kappa shape index (κ1) is 27.7. The maximum atomic E-state index is 13.5. The molecule has 1 aromatic rings. The number of hydrogen-bond donors (Lipinski definition) is 0. The summed E-state index contributed by atoms with van der Waals surface area (Å²) in [6.07, 6.45) is 3.56. The molecule has 0 aromatic heterocycles. The number of fused-ring (bicyclic) bond motifs is 1. The van der Waals surface area contributed by atoms with Crippen molar-refractivity contribution in [2.75, 3.05) is 53.0 Å². The summed E-state index contributed by atoms with van der Waals surface area (Å²) in [5.74, 6) is 0.168.